The number of aliphatic hydroxyl groups is 1. The summed E-state index contributed by atoms with van der Waals surface area (Å²) in [6, 6.07) is 7.83. The van der Waals surface area contributed by atoms with Gasteiger partial charge in [-0.15, -0.1) is 24.0 Å². The smallest absolute Gasteiger partial charge is 0.194 e. The lowest BCUT2D eigenvalue weighted by Gasteiger charge is -2.22. The van der Waals surface area contributed by atoms with Gasteiger partial charge in [-0.2, -0.15) is 5.10 Å². The van der Waals surface area contributed by atoms with Crippen LogP contribution < -0.4 is 10.1 Å². The highest BCUT2D eigenvalue weighted by atomic mass is 127. The lowest BCUT2D eigenvalue weighted by molar-refractivity contribution is 0.114. The Morgan fingerprint density at radius 1 is 1.45 bits per heavy atom. The van der Waals surface area contributed by atoms with E-state index < -0.39 is 6.10 Å². The number of hydrogen-bond acceptors (Lipinski definition) is 4. The molecule has 3 rings (SSSR count). The number of hydrogen-bond donors (Lipinski definition) is 2. The predicted octanol–water partition coefficient (Wildman–Crippen LogP) is 2.54. The molecular formula is C21H32IN5O2. The number of aryl methyl sites for hydroxylation is 2. The van der Waals surface area contributed by atoms with E-state index in [4.69, 9.17) is 4.74 Å². The molecule has 2 aromatic rings. The van der Waals surface area contributed by atoms with E-state index in [1.165, 1.54) is 5.56 Å². The minimum Gasteiger partial charge on any atom is -0.491 e. The van der Waals surface area contributed by atoms with Gasteiger partial charge in [-0.25, -0.2) is 0 Å². The number of aromatic nitrogens is 2. The first-order valence-electron chi connectivity index (χ1n) is 9.94. The Bertz CT molecular complexity index is 795. The second-order valence-corrected chi connectivity index (χ2v) is 7.35. The number of likely N-dealkylation sites (tertiary alicyclic amines) is 1. The lowest BCUT2D eigenvalue weighted by atomic mass is 10.0. The third-order valence-corrected chi connectivity index (χ3v) is 4.90. The Kier molecular flexibility index (Phi) is 9.22. The summed E-state index contributed by atoms with van der Waals surface area (Å²) in [7, 11) is 1.95. The molecule has 1 fully saturated rings. The average Bonchev–Trinajstić information content (AvgIpc) is 3.32. The fraction of sp³-hybridized carbons (Fsp3) is 0.524. The van der Waals surface area contributed by atoms with Gasteiger partial charge in [0.25, 0.3) is 0 Å². The first-order valence-corrected chi connectivity index (χ1v) is 9.94. The van der Waals surface area contributed by atoms with Gasteiger partial charge in [0, 0.05) is 38.8 Å². The highest BCUT2D eigenvalue weighted by molar-refractivity contribution is 14.0. The third kappa shape index (κ3) is 6.88. The number of aliphatic hydroxyl groups excluding tert-OH is 1. The van der Waals surface area contributed by atoms with Crippen LogP contribution in [0.15, 0.2) is 41.7 Å². The molecule has 2 unspecified atom stereocenters. The Labute approximate surface area is 190 Å². The van der Waals surface area contributed by atoms with Crippen LogP contribution in [0.3, 0.4) is 0 Å². The molecule has 0 spiro atoms. The summed E-state index contributed by atoms with van der Waals surface area (Å²) in [5, 5.41) is 17.9. The molecule has 1 aromatic heterocycles. The van der Waals surface area contributed by atoms with Crippen LogP contribution in [-0.4, -0.2) is 64.6 Å². The number of benzene rings is 1. The van der Waals surface area contributed by atoms with Crippen molar-refractivity contribution in [3.8, 4) is 5.75 Å². The summed E-state index contributed by atoms with van der Waals surface area (Å²) < 4.78 is 7.53. The molecule has 1 aliphatic heterocycles. The summed E-state index contributed by atoms with van der Waals surface area (Å²) in [5.74, 6) is 2.09. The van der Waals surface area contributed by atoms with Crippen molar-refractivity contribution < 1.29 is 9.84 Å². The van der Waals surface area contributed by atoms with Gasteiger partial charge >= 0.3 is 0 Å². The van der Waals surface area contributed by atoms with Crippen LogP contribution in [0, 0.1) is 6.92 Å². The molecule has 2 N–H and O–H groups in total. The third-order valence-electron chi connectivity index (χ3n) is 4.90. The first kappa shape index (κ1) is 23.5. The zero-order valence-corrected chi connectivity index (χ0v) is 19.7. The van der Waals surface area contributed by atoms with Gasteiger partial charge in [0.05, 0.1) is 12.7 Å². The Hall–Kier alpha value is -1.81. The van der Waals surface area contributed by atoms with E-state index in [1.54, 1.807) is 0 Å². The molecule has 1 aromatic carbocycles. The standard InChI is InChI=1S/C21H31N5O2.HI/c1-4-22-21(26-9-8-17(14-26)18-11-24-25(3)13-18)23-12-19(27)15-28-20-7-5-6-16(2)10-20;/h5-7,10-11,13,17,19,27H,4,8-9,12,14-15H2,1-3H3,(H,22,23);1H. The van der Waals surface area contributed by atoms with Crippen molar-refractivity contribution in [1.29, 1.82) is 0 Å². The van der Waals surface area contributed by atoms with E-state index >= 15 is 0 Å². The van der Waals surface area contributed by atoms with Gasteiger partial charge in [0.2, 0.25) is 0 Å². The van der Waals surface area contributed by atoms with Gasteiger partial charge < -0.3 is 20.1 Å². The summed E-state index contributed by atoms with van der Waals surface area (Å²) in [5.41, 5.74) is 2.41. The number of nitrogens with zero attached hydrogens (tertiary/aromatic N) is 4. The molecule has 0 aliphatic carbocycles. The SMILES string of the molecule is CCNC(=NCC(O)COc1cccc(C)c1)N1CCC(c2cnn(C)c2)C1.I. The molecule has 0 radical (unpaired) electrons. The van der Waals surface area contributed by atoms with Crippen molar-refractivity contribution >= 4 is 29.9 Å². The van der Waals surface area contributed by atoms with E-state index in [0.29, 0.717) is 12.5 Å². The molecule has 29 heavy (non-hydrogen) atoms. The maximum Gasteiger partial charge on any atom is 0.194 e. The summed E-state index contributed by atoms with van der Waals surface area (Å²) >= 11 is 0. The first-order chi connectivity index (χ1) is 13.5. The number of aliphatic imine (C=N–C) groups is 1. The second kappa shape index (κ2) is 11.4. The summed E-state index contributed by atoms with van der Waals surface area (Å²) in [4.78, 5) is 6.90. The molecule has 0 amide bonds. The van der Waals surface area contributed by atoms with Crippen LogP contribution in [0.2, 0.25) is 0 Å². The number of guanidine groups is 1. The Morgan fingerprint density at radius 2 is 2.28 bits per heavy atom. The van der Waals surface area contributed by atoms with E-state index in [9.17, 15) is 5.11 Å². The molecule has 2 atom stereocenters. The average molecular weight is 513 g/mol. The van der Waals surface area contributed by atoms with Crippen molar-refractivity contribution in [3.05, 3.63) is 47.8 Å². The quantitative estimate of drug-likeness (QED) is 0.338. The fourth-order valence-electron chi connectivity index (χ4n) is 3.44. The number of rotatable bonds is 7. The zero-order chi connectivity index (χ0) is 19.9. The van der Waals surface area contributed by atoms with E-state index in [0.717, 1.165) is 43.3 Å². The predicted molar refractivity (Wildman–Crippen MR) is 126 cm³/mol. The van der Waals surface area contributed by atoms with E-state index in [-0.39, 0.29) is 30.6 Å². The van der Waals surface area contributed by atoms with Crippen LogP contribution in [0.4, 0.5) is 0 Å². The summed E-state index contributed by atoms with van der Waals surface area (Å²) in [6.07, 6.45) is 4.47. The highest BCUT2D eigenvalue weighted by Gasteiger charge is 2.27. The highest BCUT2D eigenvalue weighted by Crippen LogP contribution is 2.26. The monoisotopic (exact) mass is 513 g/mol. The van der Waals surface area contributed by atoms with Crippen molar-refractivity contribution in [1.82, 2.24) is 20.0 Å². The number of ether oxygens (including phenoxy) is 1. The largest absolute Gasteiger partial charge is 0.491 e. The normalized spacial score (nSPS) is 17.7. The molecule has 160 valence electrons. The maximum absolute atomic E-state index is 10.3. The van der Waals surface area contributed by atoms with Crippen molar-refractivity contribution in [2.45, 2.75) is 32.3 Å². The molecule has 1 saturated heterocycles. The van der Waals surface area contributed by atoms with Crippen molar-refractivity contribution in [3.63, 3.8) is 0 Å². The molecular weight excluding hydrogens is 481 g/mol. The molecule has 0 bridgehead atoms. The van der Waals surface area contributed by atoms with Crippen LogP contribution >= 0.6 is 24.0 Å². The van der Waals surface area contributed by atoms with Gasteiger partial charge in [0.1, 0.15) is 18.5 Å². The van der Waals surface area contributed by atoms with Crippen molar-refractivity contribution in [2.75, 3.05) is 32.8 Å². The fourth-order valence-corrected chi connectivity index (χ4v) is 3.44. The van der Waals surface area contributed by atoms with Gasteiger partial charge in [-0.05, 0) is 43.5 Å². The zero-order valence-electron chi connectivity index (χ0n) is 17.4. The van der Waals surface area contributed by atoms with Crippen LogP contribution in [-0.2, 0) is 7.05 Å². The second-order valence-electron chi connectivity index (χ2n) is 7.35. The molecule has 0 saturated carbocycles. The van der Waals surface area contributed by atoms with Gasteiger partial charge in [-0.1, -0.05) is 12.1 Å². The number of nitrogens with one attached hydrogen (secondary N) is 1. The molecule has 2 heterocycles. The Morgan fingerprint density at radius 3 is 2.97 bits per heavy atom. The minimum absolute atomic E-state index is 0. The topological polar surface area (TPSA) is 74.9 Å². The molecule has 1 aliphatic rings. The van der Waals surface area contributed by atoms with E-state index in [1.807, 2.05) is 49.1 Å². The number of halogens is 1. The minimum atomic E-state index is -0.647. The van der Waals surface area contributed by atoms with Crippen LogP contribution in [0.5, 0.6) is 5.75 Å². The maximum atomic E-state index is 10.3. The summed E-state index contributed by atoms with van der Waals surface area (Å²) in [6.45, 7) is 7.26. The van der Waals surface area contributed by atoms with E-state index in [2.05, 4.69) is 33.4 Å². The van der Waals surface area contributed by atoms with Gasteiger partial charge in [-0.3, -0.25) is 9.67 Å². The van der Waals surface area contributed by atoms with Crippen LogP contribution in [0.25, 0.3) is 0 Å². The van der Waals surface area contributed by atoms with Crippen molar-refractivity contribution in [2.24, 2.45) is 12.0 Å². The van der Waals surface area contributed by atoms with Crippen LogP contribution in [0.1, 0.15) is 30.4 Å². The molecule has 7 nitrogen and oxygen atoms in total. The molecule has 8 heteroatoms. The van der Waals surface area contributed by atoms with Gasteiger partial charge in [0.15, 0.2) is 5.96 Å². The lowest BCUT2D eigenvalue weighted by Crippen LogP contribution is -2.40. The Balaban J connectivity index is 0.00000300.